The van der Waals surface area contributed by atoms with Crippen LogP contribution in [0.4, 0.5) is 0 Å². The van der Waals surface area contributed by atoms with Gasteiger partial charge in [-0.2, -0.15) is 0 Å². The van der Waals surface area contributed by atoms with Gasteiger partial charge in [0.25, 0.3) is 0 Å². The van der Waals surface area contributed by atoms with E-state index >= 15 is 0 Å². The van der Waals surface area contributed by atoms with Crippen LogP contribution in [0.25, 0.3) is 0 Å². The Kier molecular flexibility index (Phi) is 10.3. The number of hydrogen-bond donors (Lipinski definition) is 0. The molecule has 1 heterocycles. The van der Waals surface area contributed by atoms with Crippen molar-refractivity contribution in [1.82, 2.24) is 0 Å². The summed E-state index contributed by atoms with van der Waals surface area (Å²) in [5.74, 6) is 0.693. The van der Waals surface area contributed by atoms with Crippen molar-refractivity contribution in [3.8, 4) is 28.7 Å². The number of rotatable bonds is 10. The van der Waals surface area contributed by atoms with Crippen LogP contribution in [0, 0.1) is 0 Å². The topological polar surface area (TPSA) is 94.1 Å². The van der Waals surface area contributed by atoms with Gasteiger partial charge in [-0.25, -0.2) is 0 Å². The van der Waals surface area contributed by atoms with Crippen LogP contribution in [0.2, 0.25) is 5.02 Å². The van der Waals surface area contributed by atoms with Gasteiger partial charge in [-0.15, -0.1) is 0 Å². The SMILES string of the molecule is COc1ccc(CCCC(=O)c2ccc(Oc3cc4c(cc3Cl)C(C(=O)[O-])CCO4)cc2)cc1OC.[Na+]. The predicted octanol–water partition coefficient (Wildman–Crippen LogP) is 1.98. The van der Waals surface area contributed by atoms with E-state index in [0.29, 0.717) is 59.1 Å². The quantitative estimate of drug-likeness (QED) is 0.291. The van der Waals surface area contributed by atoms with Gasteiger partial charge in [-0.3, -0.25) is 4.79 Å². The molecule has 3 aromatic rings. The third-order valence-electron chi connectivity index (χ3n) is 6.11. The second-order valence-corrected chi connectivity index (χ2v) is 8.83. The van der Waals surface area contributed by atoms with Gasteiger partial charge < -0.3 is 28.8 Å². The average Bonchev–Trinajstić information content (AvgIpc) is 2.89. The summed E-state index contributed by atoms with van der Waals surface area (Å²) in [4.78, 5) is 24.1. The average molecular weight is 533 g/mol. The molecule has 3 aromatic carbocycles. The van der Waals surface area contributed by atoms with E-state index in [9.17, 15) is 14.7 Å². The third-order valence-corrected chi connectivity index (χ3v) is 6.41. The first-order valence-electron chi connectivity index (χ1n) is 11.6. The Labute approximate surface area is 242 Å². The van der Waals surface area contributed by atoms with Crippen LogP contribution >= 0.6 is 11.6 Å². The molecule has 0 amide bonds. The fourth-order valence-corrected chi connectivity index (χ4v) is 4.39. The van der Waals surface area contributed by atoms with Crippen LogP contribution in [-0.4, -0.2) is 32.6 Å². The van der Waals surface area contributed by atoms with Crippen molar-refractivity contribution >= 4 is 23.4 Å². The molecule has 0 radical (unpaired) electrons. The summed E-state index contributed by atoms with van der Waals surface area (Å²) < 4.78 is 22.1. The van der Waals surface area contributed by atoms with Gasteiger partial charge in [0.1, 0.15) is 17.2 Å². The molecule has 0 bridgehead atoms. The molecule has 0 aliphatic carbocycles. The molecule has 1 unspecified atom stereocenters. The van der Waals surface area contributed by atoms with Gasteiger partial charge in [0.05, 0.1) is 25.8 Å². The molecule has 4 rings (SSSR count). The summed E-state index contributed by atoms with van der Waals surface area (Å²) in [5.41, 5.74) is 2.14. The number of hydrogen-bond acceptors (Lipinski definition) is 7. The number of Topliss-reactive ketones (excluding diaryl/α,β-unsaturated/α-hetero) is 1. The van der Waals surface area contributed by atoms with Crippen molar-refractivity contribution in [2.45, 2.75) is 31.6 Å². The van der Waals surface area contributed by atoms with E-state index in [0.717, 1.165) is 12.0 Å². The van der Waals surface area contributed by atoms with Crippen LogP contribution in [0.1, 0.15) is 46.7 Å². The summed E-state index contributed by atoms with van der Waals surface area (Å²) in [6, 6.07) is 15.7. The predicted molar refractivity (Wildman–Crippen MR) is 133 cm³/mol. The van der Waals surface area contributed by atoms with E-state index in [1.807, 2.05) is 18.2 Å². The number of fused-ring (bicyclic) bond motifs is 1. The van der Waals surface area contributed by atoms with Crippen LogP contribution < -0.4 is 53.6 Å². The number of benzene rings is 3. The second kappa shape index (κ2) is 13.2. The molecule has 0 fully saturated rings. The summed E-state index contributed by atoms with van der Waals surface area (Å²) >= 11 is 6.34. The fraction of sp³-hybridized carbons (Fsp3) is 0.286. The van der Waals surface area contributed by atoms with E-state index in [4.69, 9.17) is 30.5 Å². The molecule has 0 aromatic heterocycles. The Morgan fingerprint density at radius 2 is 1.73 bits per heavy atom. The first kappa shape index (κ1) is 28.9. The third kappa shape index (κ3) is 6.99. The number of halogens is 1. The van der Waals surface area contributed by atoms with E-state index in [-0.39, 0.29) is 47.0 Å². The van der Waals surface area contributed by atoms with Crippen molar-refractivity contribution in [3.05, 3.63) is 76.3 Å². The standard InChI is InChI=1S/C28H27ClO7.Na/c1-33-24-11-6-17(14-27(24)34-2)4-3-5-23(30)18-7-9-19(10-8-18)36-26-16-25-21(15-22(26)29)20(28(31)32)12-13-35-25;/h6-11,14-16,20H,3-5,12-13H2,1-2H3,(H,31,32);/q;+1/p-1. The Morgan fingerprint density at radius 1 is 1.00 bits per heavy atom. The smallest absolute Gasteiger partial charge is 0.549 e. The summed E-state index contributed by atoms with van der Waals surface area (Å²) in [7, 11) is 3.19. The van der Waals surface area contributed by atoms with E-state index in [1.54, 1.807) is 50.6 Å². The van der Waals surface area contributed by atoms with Crippen molar-refractivity contribution in [1.29, 1.82) is 0 Å². The van der Waals surface area contributed by atoms with Gasteiger partial charge in [-0.05, 0) is 67.3 Å². The molecule has 0 N–H and O–H groups in total. The molecule has 9 heteroatoms. The minimum atomic E-state index is -1.16. The maximum absolute atomic E-state index is 12.7. The zero-order valence-electron chi connectivity index (χ0n) is 21.0. The van der Waals surface area contributed by atoms with E-state index < -0.39 is 11.9 Å². The first-order valence-corrected chi connectivity index (χ1v) is 12.0. The minimum absolute atomic E-state index is 0. The van der Waals surface area contributed by atoms with Crippen molar-refractivity contribution < 1.29 is 63.2 Å². The number of aryl methyl sites for hydroxylation is 1. The maximum Gasteiger partial charge on any atom is 1.00 e. The number of carboxylic acids is 1. The minimum Gasteiger partial charge on any atom is -0.549 e. The van der Waals surface area contributed by atoms with Gasteiger partial charge >= 0.3 is 29.6 Å². The molecular weight excluding hydrogens is 507 g/mol. The molecule has 0 saturated heterocycles. The van der Waals surface area contributed by atoms with Crippen LogP contribution in [0.15, 0.2) is 54.6 Å². The molecule has 1 aliphatic rings. The van der Waals surface area contributed by atoms with Gasteiger partial charge in [-0.1, -0.05) is 17.7 Å². The van der Waals surface area contributed by atoms with Gasteiger partial charge in [0.2, 0.25) is 0 Å². The molecule has 1 aliphatic heterocycles. The molecule has 0 spiro atoms. The van der Waals surface area contributed by atoms with E-state index in [2.05, 4.69) is 0 Å². The number of carbonyl (C=O) groups is 2. The number of carbonyl (C=O) groups excluding carboxylic acids is 2. The number of methoxy groups -OCH3 is 2. The van der Waals surface area contributed by atoms with Crippen LogP contribution in [-0.2, 0) is 11.2 Å². The second-order valence-electron chi connectivity index (χ2n) is 8.42. The molecular formula is C28H26ClNaO7. The Balaban J connectivity index is 0.00000380. The Hall–Kier alpha value is -2.71. The monoisotopic (exact) mass is 532 g/mol. The van der Waals surface area contributed by atoms with Crippen molar-refractivity contribution in [3.63, 3.8) is 0 Å². The van der Waals surface area contributed by atoms with Gasteiger partial charge in [0, 0.05) is 35.5 Å². The summed E-state index contributed by atoms with van der Waals surface area (Å²) in [6.45, 7) is 0.273. The van der Waals surface area contributed by atoms with Crippen LogP contribution in [0.3, 0.4) is 0 Å². The first-order chi connectivity index (χ1) is 17.4. The summed E-state index contributed by atoms with van der Waals surface area (Å²) in [5, 5.41) is 11.7. The number of ketones is 1. The normalized spacial score (nSPS) is 14.0. The fourth-order valence-electron chi connectivity index (χ4n) is 4.18. The molecule has 188 valence electrons. The van der Waals surface area contributed by atoms with E-state index in [1.165, 1.54) is 0 Å². The Morgan fingerprint density at radius 3 is 2.41 bits per heavy atom. The molecule has 37 heavy (non-hydrogen) atoms. The largest absolute Gasteiger partial charge is 1.00 e. The Bertz CT molecular complexity index is 1260. The van der Waals surface area contributed by atoms with Crippen LogP contribution in [0.5, 0.6) is 28.7 Å². The molecule has 0 saturated carbocycles. The number of ether oxygens (including phenoxy) is 4. The zero-order valence-corrected chi connectivity index (χ0v) is 23.8. The molecule has 1 atom stereocenters. The van der Waals surface area contributed by atoms with Crippen molar-refractivity contribution in [2.24, 2.45) is 0 Å². The van der Waals surface area contributed by atoms with Gasteiger partial charge in [0.15, 0.2) is 17.3 Å². The zero-order chi connectivity index (χ0) is 25.7. The number of carboxylic acid groups (broad SMARTS) is 1. The number of aliphatic carboxylic acids is 1. The molecule has 7 nitrogen and oxygen atoms in total. The summed E-state index contributed by atoms with van der Waals surface area (Å²) in [6.07, 6.45) is 2.17. The maximum atomic E-state index is 12.7. The van der Waals surface area contributed by atoms with Crippen molar-refractivity contribution in [2.75, 3.05) is 20.8 Å².